The first kappa shape index (κ1) is 12.1. The Kier molecular flexibility index (Phi) is 3.45. The van der Waals surface area contributed by atoms with Crippen LogP contribution in [0.3, 0.4) is 0 Å². The molecule has 17 heavy (non-hydrogen) atoms. The molecule has 5 heteroatoms. The largest absolute Gasteiger partial charge is 0.319 e. The molecule has 2 N–H and O–H groups in total. The van der Waals surface area contributed by atoms with E-state index in [1.165, 1.54) is 0 Å². The first-order valence-electron chi connectivity index (χ1n) is 5.51. The van der Waals surface area contributed by atoms with Crippen molar-refractivity contribution in [2.24, 2.45) is 12.8 Å². The van der Waals surface area contributed by atoms with E-state index in [2.05, 4.69) is 17.0 Å². The summed E-state index contributed by atoms with van der Waals surface area (Å²) in [6.45, 7) is 2.08. The average molecular weight is 251 g/mol. The van der Waals surface area contributed by atoms with Crippen LogP contribution in [0.5, 0.6) is 0 Å². The van der Waals surface area contributed by atoms with Gasteiger partial charge in [0, 0.05) is 19.4 Å². The van der Waals surface area contributed by atoms with Crippen molar-refractivity contribution in [2.75, 3.05) is 0 Å². The minimum absolute atomic E-state index is 0.270. The van der Waals surface area contributed by atoms with Gasteiger partial charge in [0.1, 0.15) is 0 Å². The smallest absolute Gasteiger partial charge is 0.0837 e. The highest BCUT2D eigenvalue weighted by molar-refractivity contribution is 6.31. The quantitative estimate of drug-likeness (QED) is 0.908. The number of pyridine rings is 1. The van der Waals surface area contributed by atoms with E-state index in [1.54, 1.807) is 17.1 Å². The minimum Gasteiger partial charge on any atom is -0.319 e. The van der Waals surface area contributed by atoms with Crippen LogP contribution in [-0.4, -0.2) is 14.8 Å². The van der Waals surface area contributed by atoms with E-state index in [4.69, 9.17) is 17.3 Å². The number of nitrogens with two attached hydrogens (primary N) is 1. The lowest BCUT2D eigenvalue weighted by Gasteiger charge is -2.16. The Labute approximate surface area is 105 Å². The van der Waals surface area contributed by atoms with Gasteiger partial charge in [-0.1, -0.05) is 18.5 Å². The number of aryl methyl sites for hydroxylation is 2. The SMILES string of the molecule is CCc1cnccc1C(N)c1c(Cl)cnn1C. The van der Waals surface area contributed by atoms with Gasteiger partial charge < -0.3 is 5.73 Å². The molecule has 0 fully saturated rings. The molecule has 0 aliphatic rings. The van der Waals surface area contributed by atoms with E-state index in [1.807, 2.05) is 19.3 Å². The summed E-state index contributed by atoms with van der Waals surface area (Å²) in [6, 6.07) is 1.67. The molecule has 0 aliphatic carbocycles. The monoisotopic (exact) mass is 250 g/mol. The van der Waals surface area contributed by atoms with Crippen molar-refractivity contribution in [3.63, 3.8) is 0 Å². The van der Waals surface area contributed by atoms with Gasteiger partial charge in [0.2, 0.25) is 0 Å². The van der Waals surface area contributed by atoms with Crippen LogP contribution in [-0.2, 0) is 13.5 Å². The van der Waals surface area contributed by atoms with Gasteiger partial charge in [-0.3, -0.25) is 9.67 Å². The van der Waals surface area contributed by atoms with Crippen molar-refractivity contribution in [1.82, 2.24) is 14.8 Å². The van der Waals surface area contributed by atoms with E-state index in [9.17, 15) is 0 Å². The van der Waals surface area contributed by atoms with Crippen molar-refractivity contribution in [2.45, 2.75) is 19.4 Å². The second-order valence-corrected chi connectivity index (χ2v) is 4.31. The lowest BCUT2D eigenvalue weighted by atomic mass is 9.99. The molecule has 2 aromatic rings. The number of hydrogen-bond donors (Lipinski definition) is 1. The van der Waals surface area contributed by atoms with Gasteiger partial charge in [0.15, 0.2) is 0 Å². The summed E-state index contributed by atoms with van der Waals surface area (Å²) in [5.41, 5.74) is 9.28. The summed E-state index contributed by atoms with van der Waals surface area (Å²) in [4.78, 5) is 4.11. The molecule has 2 heterocycles. The lowest BCUT2D eigenvalue weighted by Crippen LogP contribution is -2.18. The third kappa shape index (κ3) is 2.18. The third-order valence-electron chi connectivity index (χ3n) is 2.89. The van der Waals surface area contributed by atoms with Crippen molar-refractivity contribution in [1.29, 1.82) is 0 Å². The molecule has 1 unspecified atom stereocenters. The van der Waals surface area contributed by atoms with E-state index < -0.39 is 0 Å². The fourth-order valence-electron chi connectivity index (χ4n) is 1.95. The highest BCUT2D eigenvalue weighted by atomic mass is 35.5. The zero-order valence-corrected chi connectivity index (χ0v) is 10.6. The Morgan fingerprint density at radius 3 is 2.82 bits per heavy atom. The molecule has 2 rings (SSSR count). The van der Waals surface area contributed by atoms with Crippen molar-refractivity contribution in [3.8, 4) is 0 Å². The standard InChI is InChI=1S/C12H15ClN4/c1-3-8-6-15-5-4-9(8)11(14)12-10(13)7-16-17(12)2/h4-7,11H,3,14H2,1-2H3. The predicted molar refractivity (Wildman–Crippen MR) is 67.9 cm³/mol. The number of nitrogens with zero attached hydrogens (tertiary/aromatic N) is 3. The van der Waals surface area contributed by atoms with E-state index in [0.717, 1.165) is 23.2 Å². The fourth-order valence-corrected chi connectivity index (χ4v) is 2.24. The van der Waals surface area contributed by atoms with Crippen LogP contribution < -0.4 is 5.73 Å². The molecule has 0 saturated carbocycles. The number of halogens is 1. The van der Waals surface area contributed by atoms with Gasteiger partial charge in [0.05, 0.1) is 23.0 Å². The number of rotatable bonds is 3. The molecule has 0 radical (unpaired) electrons. The van der Waals surface area contributed by atoms with Crippen LogP contribution in [0.15, 0.2) is 24.7 Å². The molecule has 4 nitrogen and oxygen atoms in total. The van der Waals surface area contributed by atoms with E-state index in [-0.39, 0.29) is 6.04 Å². The summed E-state index contributed by atoms with van der Waals surface area (Å²) in [5, 5.41) is 4.70. The highest BCUT2D eigenvalue weighted by Crippen LogP contribution is 2.27. The van der Waals surface area contributed by atoms with Gasteiger partial charge in [-0.25, -0.2) is 0 Å². The van der Waals surface area contributed by atoms with Gasteiger partial charge in [0.25, 0.3) is 0 Å². The molecule has 0 amide bonds. The fraction of sp³-hybridized carbons (Fsp3) is 0.333. The van der Waals surface area contributed by atoms with Crippen LogP contribution in [0, 0.1) is 0 Å². The zero-order chi connectivity index (χ0) is 12.4. The van der Waals surface area contributed by atoms with Crippen LogP contribution in [0.4, 0.5) is 0 Å². The highest BCUT2D eigenvalue weighted by Gasteiger charge is 2.19. The second kappa shape index (κ2) is 4.85. The van der Waals surface area contributed by atoms with Crippen molar-refractivity contribution < 1.29 is 0 Å². The summed E-state index contributed by atoms with van der Waals surface area (Å²) in [6.07, 6.45) is 6.11. The van der Waals surface area contributed by atoms with Crippen LogP contribution in [0.2, 0.25) is 5.02 Å². The Morgan fingerprint density at radius 2 is 2.24 bits per heavy atom. The Balaban J connectivity index is 2.47. The maximum absolute atomic E-state index is 6.27. The molecule has 90 valence electrons. The van der Waals surface area contributed by atoms with Crippen LogP contribution in [0.1, 0.15) is 29.8 Å². The average Bonchev–Trinajstić information content (AvgIpc) is 2.68. The summed E-state index contributed by atoms with van der Waals surface area (Å²) >= 11 is 6.11. The first-order valence-corrected chi connectivity index (χ1v) is 5.88. The van der Waals surface area contributed by atoms with Crippen molar-refractivity contribution >= 4 is 11.6 Å². The number of aromatic nitrogens is 3. The number of hydrogen-bond acceptors (Lipinski definition) is 3. The maximum atomic E-state index is 6.27. The lowest BCUT2D eigenvalue weighted by molar-refractivity contribution is 0.669. The first-order chi connectivity index (χ1) is 8.15. The van der Waals surface area contributed by atoms with Gasteiger partial charge in [-0.2, -0.15) is 5.10 Å². The van der Waals surface area contributed by atoms with Crippen molar-refractivity contribution in [3.05, 3.63) is 46.5 Å². The Morgan fingerprint density at radius 1 is 1.47 bits per heavy atom. The molecule has 0 saturated heterocycles. The molecule has 2 aromatic heterocycles. The molecule has 0 bridgehead atoms. The normalized spacial score (nSPS) is 12.7. The molecule has 0 aliphatic heterocycles. The zero-order valence-electron chi connectivity index (χ0n) is 9.89. The predicted octanol–water partition coefficient (Wildman–Crippen LogP) is 2.08. The summed E-state index contributed by atoms with van der Waals surface area (Å²) < 4.78 is 1.72. The molecular formula is C12H15ClN4. The maximum Gasteiger partial charge on any atom is 0.0837 e. The minimum atomic E-state index is -0.270. The Bertz CT molecular complexity index is 501. The second-order valence-electron chi connectivity index (χ2n) is 3.91. The van der Waals surface area contributed by atoms with Crippen LogP contribution >= 0.6 is 11.6 Å². The molecule has 0 spiro atoms. The molecule has 1 atom stereocenters. The van der Waals surface area contributed by atoms with Gasteiger partial charge in [-0.05, 0) is 23.6 Å². The molecular weight excluding hydrogens is 236 g/mol. The summed E-state index contributed by atoms with van der Waals surface area (Å²) in [7, 11) is 1.84. The van der Waals surface area contributed by atoms with Gasteiger partial charge >= 0.3 is 0 Å². The van der Waals surface area contributed by atoms with Crippen LogP contribution in [0.25, 0.3) is 0 Å². The Hall–Kier alpha value is -1.39. The van der Waals surface area contributed by atoms with E-state index >= 15 is 0 Å². The summed E-state index contributed by atoms with van der Waals surface area (Å²) in [5.74, 6) is 0. The topological polar surface area (TPSA) is 56.7 Å². The third-order valence-corrected chi connectivity index (χ3v) is 3.18. The van der Waals surface area contributed by atoms with E-state index in [0.29, 0.717) is 5.02 Å². The molecule has 0 aromatic carbocycles. The van der Waals surface area contributed by atoms with Gasteiger partial charge in [-0.15, -0.1) is 0 Å².